The van der Waals surface area contributed by atoms with Crippen molar-refractivity contribution in [2.45, 2.75) is 12.4 Å². The molecule has 0 aliphatic rings. The van der Waals surface area contributed by atoms with E-state index < -0.39 is 24.3 Å². The van der Waals surface area contributed by atoms with E-state index in [2.05, 4.69) is 5.73 Å². The van der Waals surface area contributed by atoms with Crippen LogP contribution in [0.2, 0.25) is 0 Å². The van der Waals surface area contributed by atoms with Crippen LogP contribution in [0.3, 0.4) is 0 Å². The Bertz CT molecular complexity index is 202. The number of hydrogen-bond acceptors (Lipinski definition) is 3. The van der Waals surface area contributed by atoms with Crippen LogP contribution in [0.4, 0.5) is 0 Å². The average molecular weight is 139 g/mol. The molecule has 0 aromatic carbocycles. The zero-order valence-corrected chi connectivity index (χ0v) is 4.29. The van der Waals surface area contributed by atoms with Crippen molar-refractivity contribution in [3.8, 4) is 0 Å². The van der Waals surface area contributed by atoms with Gasteiger partial charge < -0.3 is 15.9 Å². The molecular weight excluding hydrogens is 126 g/mol. The second-order valence-electron chi connectivity index (χ2n) is 1.15. The number of carbonyl (C=O) groups is 2. The minimum absolute atomic E-state index is 2.03. The number of aliphatic carboxylic acids is 2. The zero-order valence-electron chi connectivity index (χ0n) is 7.29. The van der Waals surface area contributed by atoms with Crippen molar-refractivity contribution in [2.24, 2.45) is 5.73 Å². The SMILES string of the molecule is [3H]C([3H])(C(=O)O)C([3H])(N)C(=O)O. The Morgan fingerprint density at radius 2 is 2.22 bits per heavy atom. The Labute approximate surface area is 55.3 Å². The lowest BCUT2D eigenvalue weighted by atomic mass is 10.2. The fourth-order valence-electron chi connectivity index (χ4n) is 0.169. The smallest absolute Gasteiger partial charge is 0.321 e. The normalized spacial score (nSPS) is 22.6. The molecule has 4 N–H and O–H groups in total. The van der Waals surface area contributed by atoms with Crippen LogP contribution < -0.4 is 5.73 Å². The first-order valence-corrected chi connectivity index (χ1v) is 1.89. The molecule has 0 radical (unpaired) electrons. The van der Waals surface area contributed by atoms with Crippen LogP contribution >= 0.6 is 0 Å². The van der Waals surface area contributed by atoms with Crippen LogP contribution in [0.5, 0.6) is 0 Å². The summed E-state index contributed by atoms with van der Waals surface area (Å²) in [6.45, 7) is 0. The monoisotopic (exact) mass is 139 g/mol. The summed E-state index contributed by atoms with van der Waals surface area (Å²) in [5.74, 6) is -4.11. The van der Waals surface area contributed by atoms with Gasteiger partial charge in [-0.1, -0.05) is 0 Å². The van der Waals surface area contributed by atoms with Crippen LogP contribution in [0.1, 0.15) is 10.5 Å². The molecule has 0 bridgehead atoms. The van der Waals surface area contributed by atoms with Gasteiger partial charge in [-0.05, 0) is 0 Å². The molecule has 1 unspecified atom stereocenters. The Morgan fingerprint density at radius 1 is 1.78 bits per heavy atom. The number of hydrogen-bond donors (Lipinski definition) is 3. The van der Waals surface area contributed by atoms with Crippen molar-refractivity contribution in [1.82, 2.24) is 0 Å². The fraction of sp³-hybridized carbons (Fsp3) is 0.500. The molecule has 0 aromatic rings. The molecule has 0 heterocycles. The van der Waals surface area contributed by atoms with E-state index in [1.54, 1.807) is 0 Å². The minimum atomic E-state index is -3.32. The maximum absolute atomic E-state index is 10.2. The van der Waals surface area contributed by atoms with Gasteiger partial charge in [0.1, 0.15) is 6.02 Å². The van der Waals surface area contributed by atoms with Gasteiger partial charge in [-0.3, -0.25) is 9.59 Å². The molecule has 0 spiro atoms. The second kappa shape index (κ2) is 3.03. The molecule has 0 fully saturated rings. The first-order chi connectivity index (χ1) is 5.14. The largest absolute Gasteiger partial charge is 0.481 e. The highest BCUT2D eigenvalue weighted by molar-refractivity contribution is 5.80. The lowest BCUT2D eigenvalue weighted by molar-refractivity contribution is -0.144. The first-order valence-electron chi connectivity index (χ1n) is 3.39. The fourth-order valence-corrected chi connectivity index (χ4v) is 0.169. The highest BCUT2D eigenvalue weighted by Gasteiger charge is 2.14. The van der Waals surface area contributed by atoms with Crippen LogP contribution in [-0.4, -0.2) is 28.2 Å². The number of carboxylic acid groups (broad SMARTS) is 2. The summed E-state index contributed by atoms with van der Waals surface area (Å²) in [5.41, 5.74) is 4.65. The molecule has 9 heavy (non-hydrogen) atoms. The lowest BCUT2D eigenvalue weighted by Gasteiger charge is -1.99. The second-order valence-corrected chi connectivity index (χ2v) is 1.15. The summed E-state index contributed by atoms with van der Waals surface area (Å²) in [6.07, 6.45) is -3.32. The quantitative estimate of drug-likeness (QED) is 0.459. The third-order valence-electron chi connectivity index (χ3n) is 0.472. The van der Waals surface area contributed by atoms with Crippen LogP contribution in [0.15, 0.2) is 0 Å². The van der Waals surface area contributed by atoms with E-state index in [0.717, 1.165) is 0 Å². The summed E-state index contributed by atoms with van der Waals surface area (Å²) in [7, 11) is 0. The number of nitrogens with two attached hydrogens (primary N) is 1. The van der Waals surface area contributed by atoms with E-state index in [-0.39, 0.29) is 0 Å². The molecule has 0 aromatic heterocycles. The van der Waals surface area contributed by atoms with E-state index >= 15 is 0 Å². The van der Waals surface area contributed by atoms with Gasteiger partial charge in [-0.15, -0.1) is 0 Å². The number of carboxylic acids is 2. The van der Waals surface area contributed by atoms with E-state index in [9.17, 15) is 9.59 Å². The summed E-state index contributed by atoms with van der Waals surface area (Å²) in [6, 6.07) is -3.18. The van der Waals surface area contributed by atoms with E-state index in [0.29, 0.717) is 0 Å². The average Bonchev–Trinajstić information content (AvgIpc) is 1.86. The van der Waals surface area contributed by atoms with Crippen molar-refractivity contribution in [1.29, 1.82) is 0 Å². The van der Waals surface area contributed by atoms with Gasteiger partial charge in [0.05, 0.1) is 7.74 Å². The molecular formula is C4H7NO4. The third-order valence-corrected chi connectivity index (χ3v) is 0.472. The van der Waals surface area contributed by atoms with Crippen molar-refractivity contribution in [3.63, 3.8) is 0 Å². The Morgan fingerprint density at radius 3 is 2.33 bits per heavy atom. The van der Waals surface area contributed by atoms with Gasteiger partial charge in [0, 0.05) is 2.74 Å². The Balaban J connectivity index is 5.01. The summed E-state index contributed by atoms with van der Waals surface area (Å²) < 4.78 is 20.1. The minimum Gasteiger partial charge on any atom is -0.481 e. The summed E-state index contributed by atoms with van der Waals surface area (Å²) in [5, 5.41) is 16.4. The predicted molar refractivity (Wildman–Crippen MR) is 27.9 cm³/mol. The molecule has 0 aliphatic heterocycles. The Hall–Kier alpha value is -1.10. The van der Waals surface area contributed by atoms with Crippen molar-refractivity contribution < 1.29 is 23.9 Å². The number of rotatable bonds is 3. The predicted octanol–water partition coefficient (Wildman–Crippen LogP) is -1.13. The molecule has 52 valence electrons. The van der Waals surface area contributed by atoms with Gasteiger partial charge in [0.2, 0.25) is 0 Å². The summed E-state index contributed by atoms with van der Waals surface area (Å²) in [4.78, 5) is 20.3. The van der Waals surface area contributed by atoms with Crippen molar-refractivity contribution >= 4 is 11.9 Å². The molecule has 5 nitrogen and oxygen atoms in total. The first kappa shape index (κ1) is 3.84. The van der Waals surface area contributed by atoms with Crippen LogP contribution in [-0.2, 0) is 9.59 Å². The van der Waals surface area contributed by atoms with Gasteiger partial charge in [-0.2, -0.15) is 0 Å². The molecule has 0 amide bonds. The highest BCUT2D eigenvalue weighted by Crippen LogP contribution is 1.86. The van der Waals surface area contributed by atoms with Gasteiger partial charge in [0.15, 0.2) is 0 Å². The lowest BCUT2D eigenvalue weighted by Crippen LogP contribution is -2.32. The third kappa shape index (κ3) is 3.48. The van der Waals surface area contributed by atoms with Crippen molar-refractivity contribution in [2.75, 3.05) is 0 Å². The molecule has 0 rings (SSSR count). The Kier molecular flexibility index (Phi) is 1.29. The van der Waals surface area contributed by atoms with Gasteiger partial charge >= 0.3 is 11.9 Å². The van der Waals surface area contributed by atoms with Crippen LogP contribution in [0.25, 0.3) is 0 Å². The van der Waals surface area contributed by atoms with Crippen LogP contribution in [0, 0.1) is 0 Å². The standard InChI is InChI=1S/C4H7NO4/c5-2(4(8)9)1-3(6)7/h2H,1,5H2,(H,6,7)(H,8,9)/i1T2,2T. The van der Waals surface area contributed by atoms with E-state index in [4.69, 9.17) is 14.3 Å². The van der Waals surface area contributed by atoms with E-state index in [1.807, 2.05) is 0 Å². The highest BCUT2D eigenvalue weighted by atomic mass is 16.4. The van der Waals surface area contributed by atoms with E-state index in [1.165, 1.54) is 0 Å². The molecule has 5 heteroatoms. The summed E-state index contributed by atoms with van der Waals surface area (Å²) >= 11 is 0. The zero-order chi connectivity index (χ0) is 10.2. The van der Waals surface area contributed by atoms with Gasteiger partial charge in [0.25, 0.3) is 0 Å². The molecule has 0 saturated carbocycles. The molecule has 0 saturated heterocycles. The maximum atomic E-state index is 10.2. The topological polar surface area (TPSA) is 101 Å². The van der Waals surface area contributed by atoms with Crippen molar-refractivity contribution in [3.05, 3.63) is 0 Å². The molecule has 0 aliphatic carbocycles. The van der Waals surface area contributed by atoms with Gasteiger partial charge in [-0.25, -0.2) is 0 Å². The molecule has 1 atom stereocenters. The maximum Gasteiger partial charge on any atom is 0.321 e.